The molecule has 1 atom stereocenters. The molecule has 0 bridgehead atoms. The summed E-state index contributed by atoms with van der Waals surface area (Å²) in [5, 5.41) is 4.48. The number of aromatic nitrogens is 2. The van der Waals surface area contributed by atoms with Crippen LogP contribution in [0.3, 0.4) is 0 Å². The first-order valence-electron chi connectivity index (χ1n) is 10.6. The molecule has 1 aromatic heterocycles. The fourth-order valence-electron chi connectivity index (χ4n) is 4.45. The molecule has 2 aromatic rings. The molecule has 1 aliphatic heterocycles. The van der Waals surface area contributed by atoms with Gasteiger partial charge in [0.1, 0.15) is 5.75 Å². The van der Waals surface area contributed by atoms with Crippen LogP contribution in [0.1, 0.15) is 36.6 Å². The molecule has 1 fully saturated rings. The first-order chi connectivity index (χ1) is 13.6. The summed E-state index contributed by atoms with van der Waals surface area (Å²) < 4.78 is 7.59. The summed E-state index contributed by atoms with van der Waals surface area (Å²) >= 11 is 0. The molecule has 0 unspecified atom stereocenters. The molecule has 3 rings (SSSR count). The molecule has 0 N–H and O–H groups in total. The Balaban J connectivity index is 1.48. The fourth-order valence-corrected chi connectivity index (χ4v) is 4.45. The van der Waals surface area contributed by atoms with Crippen LogP contribution in [0.4, 0.5) is 0 Å². The lowest BCUT2D eigenvalue weighted by molar-refractivity contribution is 0.142. The van der Waals surface area contributed by atoms with Crippen molar-refractivity contribution in [2.45, 2.75) is 46.2 Å². The number of benzene rings is 1. The van der Waals surface area contributed by atoms with Gasteiger partial charge < -0.3 is 14.5 Å². The molecule has 5 heteroatoms. The van der Waals surface area contributed by atoms with Gasteiger partial charge in [-0.2, -0.15) is 5.10 Å². The predicted molar refractivity (Wildman–Crippen MR) is 115 cm³/mol. The van der Waals surface area contributed by atoms with E-state index in [0.29, 0.717) is 0 Å². The SMILES string of the molecule is CCn1ncc(CN(C)C[C@@H]2CCCN(CCc3ccccc3OC)C2)c1C. The van der Waals surface area contributed by atoms with Crippen molar-refractivity contribution < 1.29 is 4.74 Å². The number of hydrogen-bond donors (Lipinski definition) is 0. The molecule has 154 valence electrons. The smallest absolute Gasteiger partial charge is 0.122 e. The van der Waals surface area contributed by atoms with Gasteiger partial charge >= 0.3 is 0 Å². The van der Waals surface area contributed by atoms with Crippen LogP contribution in [-0.2, 0) is 19.5 Å². The minimum Gasteiger partial charge on any atom is -0.496 e. The van der Waals surface area contributed by atoms with Gasteiger partial charge in [-0.15, -0.1) is 0 Å². The molecular weight excluding hydrogens is 348 g/mol. The average molecular weight is 385 g/mol. The Hall–Kier alpha value is -1.85. The van der Waals surface area contributed by atoms with Crippen molar-refractivity contribution in [1.29, 1.82) is 0 Å². The molecular formula is C23H36N4O. The van der Waals surface area contributed by atoms with Crippen LogP contribution in [0.2, 0.25) is 0 Å². The topological polar surface area (TPSA) is 33.5 Å². The van der Waals surface area contributed by atoms with E-state index in [-0.39, 0.29) is 0 Å². The minimum atomic E-state index is 0.748. The van der Waals surface area contributed by atoms with Crippen LogP contribution >= 0.6 is 0 Å². The molecule has 0 spiro atoms. The molecule has 1 saturated heterocycles. The number of para-hydroxylation sites is 1. The Morgan fingerprint density at radius 1 is 1.25 bits per heavy atom. The first kappa shape index (κ1) is 20.9. The van der Waals surface area contributed by atoms with E-state index >= 15 is 0 Å². The van der Waals surface area contributed by atoms with Crippen molar-refractivity contribution in [3.63, 3.8) is 0 Å². The largest absolute Gasteiger partial charge is 0.496 e. The number of rotatable bonds is 9. The Morgan fingerprint density at radius 2 is 2.07 bits per heavy atom. The third-order valence-electron chi connectivity index (χ3n) is 6.01. The predicted octanol–water partition coefficient (Wildman–Crippen LogP) is 3.61. The van der Waals surface area contributed by atoms with E-state index < -0.39 is 0 Å². The normalized spacial score (nSPS) is 18.0. The van der Waals surface area contributed by atoms with Gasteiger partial charge in [-0.05, 0) is 64.3 Å². The van der Waals surface area contributed by atoms with Gasteiger partial charge in [0.05, 0.1) is 13.3 Å². The summed E-state index contributed by atoms with van der Waals surface area (Å²) in [7, 11) is 4.01. The number of nitrogens with zero attached hydrogens (tertiary/aromatic N) is 4. The second-order valence-electron chi connectivity index (χ2n) is 8.14. The summed E-state index contributed by atoms with van der Waals surface area (Å²) in [6.45, 7) is 11.0. The van der Waals surface area contributed by atoms with Gasteiger partial charge in [-0.3, -0.25) is 4.68 Å². The lowest BCUT2D eigenvalue weighted by Crippen LogP contribution is -2.40. The van der Waals surface area contributed by atoms with Crippen LogP contribution in [-0.4, -0.2) is 59.9 Å². The lowest BCUT2D eigenvalue weighted by Gasteiger charge is -2.34. The maximum Gasteiger partial charge on any atom is 0.122 e. The standard InChI is InChI=1S/C23H36N4O/c1-5-27-19(2)22(15-24-27)18-25(3)16-20-9-8-13-26(17-20)14-12-21-10-6-7-11-23(21)28-4/h6-7,10-11,15,20H,5,8-9,12-14,16-18H2,1-4H3/t20-/m0/s1. The minimum absolute atomic E-state index is 0.748. The summed E-state index contributed by atoms with van der Waals surface area (Å²) in [5.74, 6) is 1.76. The molecule has 1 aliphatic rings. The van der Waals surface area contributed by atoms with E-state index in [9.17, 15) is 0 Å². The number of ether oxygens (including phenoxy) is 1. The molecule has 5 nitrogen and oxygen atoms in total. The fraction of sp³-hybridized carbons (Fsp3) is 0.609. The monoisotopic (exact) mass is 384 g/mol. The lowest BCUT2D eigenvalue weighted by atomic mass is 9.97. The van der Waals surface area contributed by atoms with Crippen LogP contribution in [0.15, 0.2) is 30.5 Å². The van der Waals surface area contributed by atoms with Crippen LogP contribution < -0.4 is 4.74 Å². The third-order valence-corrected chi connectivity index (χ3v) is 6.01. The molecule has 0 radical (unpaired) electrons. The number of likely N-dealkylation sites (tertiary alicyclic amines) is 1. The van der Waals surface area contributed by atoms with Crippen LogP contribution in [0.25, 0.3) is 0 Å². The highest BCUT2D eigenvalue weighted by molar-refractivity contribution is 5.33. The van der Waals surface area contributed by atoms with Crippen LogP contribution in [0.5, 0.6) is 5.75 Å². The van der Waals surface area contributed by atoms with E-state index in [2.05, 4.69) is 58.7 Å². The maximum absolute atomic E-state index is 5.50. The number of methoxy groups -OCH3 is 1. The van der Waals surface area contributed by atoms with Gasteiger partial charge in [0.25, 0.3) is 0 Å². The molecule has 0 aliphatic carbocycles. The summed E-state index contributed by atoms with van der Waals surface area (Å²) in [4.78, 5) is 5.10. The number of hydrogen-bond acceptors (Lipinski definition) is 4. The Bertz CT molecular complexity index is 742. The van der Waals surface area contributed by atoms with Crippen molar-refractivity contribution in [2.75, 3.05) is 40.3 Å². The Kier molecular flexibility index (Phi) is 7.51. The zero-order chi connectivity index (χ0) is 19.9. The highest BCUT2D eigenvalue weighted by Gasteiger charge is 2.21. The summed E-state index contributed by atoms with van der Waals surface area (Å²) in [6.07, 6.45) is 5.73. The summed E-state index contributed by atoms with van der Waals surface area (Å²) in [5.41, 5.74) is 3.97. The molecule has 2 heterocycles. The van der Waals surface area contributed by atoms with Crippen molar-refractivity contribution in [3.05, 3.63) is 47.3 Å². The second-order valence-corrected chi connectivity index (χ2v) is 8.14. The van der Waals surface area contributed by atoms with Gasteiger partial charge in [-0.1, -0.05) is 18.2 Å². The van der Waals surface area contributed by atoms with E-state index in [1.54, 1.807) is 7.11 Å². The van der Waals surface area contributed by atoms with Crippen molar-refractivity contribution in [2.24, 2.45) is 5.92 Å². The second kappa shape index (κ2) is 10.1. The maximum atomic E-state index is 5.50. The van der Waals surface area contributed by atoms with E-state index in [4.69, 9.17) is 4.74 Å². The molecule has 1 aromatic carbocycles. The van der Waals surface area contributed by atoms with Crippen LogP contribution in [0, 0.1) is 12.8 Å². The van der Waals surface area contributed by atoms with E-state index in [1.165, 1.54) is 42.8 Å². The summed E-state index contributed by atoms with van der Waals surface area (Å²) in [6, 6.07) is 8.40. The van der Waals surface area contributed by atoms with Gasteiger partial charge in [0, 0.05) is 44.0 Å². The number of piperidine rings is 1. The zero-order valence-electron chi connectivity index (χ0n) is 18.0. The van der Waals surface area contributed by atoms with Gasteiger partial charge in [0.15, 0.2) is 0 Å². The highest BCUT2D eigenvalue weighted by Crippen LogP contribution is 2.21. The van der Waals surface area contributed by atoms with Crippen molar-refractivity contribution >= 4 is 0 Å². The van der Waals surface area contributed by atoms with Crippen molar-refractivity contribution in [3.8, 4) is 5.75 Å². The van der Waals surface area contributed by atoms with E-state index in [0.717, 1.165) is 44.3 Å². The first-order valence-corrected chi connectivity index (χ1v) is 10.6. The average Bonchev–Trinajstić information content (AvgIpc) is 3.06. The molecule has 0 saturated carbocycles. The molecule has 0 amide bonds. The number of aryl methyl sites for hydroxylation is 1. The van der Waals surface area contributed by atoms with Gasteiger partial charge in [-0.25, -0.2) is 0 Å². The quantitative estimate of drug-likeness (QED) is 0.661. The van der Waals surface area contributed by atoms with Gasteiger partial charge in [0.2, 0.25) is 0 Å². The zero-order valence-corrected chi connectivity index (χ0v) is 18.0. The Morgan fingerprint density at radius 3 is 2.82 bits per heavy atom. The highest BCUT2D eigenvalue weighted by atomic mass is 16.5. The molecule has 28 heavy (non-hydrogen) atoms. The Labute approximate surface area is 170 Å². The van der Waals surface area contributed by atoms with E-state index in [1.807, 2.05) is 12.3 Å². The van der Waals surface area contributed by atoms with Crippen molar-refractivity contribution in [1.82, 2.24) is 19.6 Å². The third kappa shape index (κ3) is 5.36.